The average molecular weight is 569 g/mol. The predicted octanol–water partition coefficient (Wildman–Crippen LogP) is 9.31. The molecule has 0 aromatic carbocycles. The van der Waals surface area contributed by atoms with E-state index in [4.69, 9.17) is 6.42 Å². The van der Waals surface area contributed by atoms with E-state index in [0.29, 0.717) is 25.7 Å². The number of hydrogen-bond acceptors (Lipinski definition) is 0. The molecule has 43 heavy (non-hydrogen) atoms. The van der Waals surface area contributed by atoms with Crippen LogP contribution in [0, 0.1) is 136 Å². The van der Waals surface area contributed by atoms with Crippen LogP contribution in [0.1, 0.15) is 132 Å². The zero-order chi connectivity index (χ0) is 32.2. The standard InChI is InChI=1S/C43H52/c1-10-17-23-27-33-42(32-24-18-11-2,36-31-39(8)9)37-38-43(34-25-19-12-3,35-26-20-13-4)41(30-22-15-6)40(28-16-7)29-21-14-5/h2,39-41H,10,12-14,17-19,23-24,30,32,35H2,1,3-9H3. The lowest BCUT2D eigenvalue weighted by Gasteiger charge is -2.32. The molecule has 0 rings (SSSR count). The van der Waals surface area contributed by atoms with Crippen LogP contribution in [0.25, 0.3) is 0 Å². The van der Waals surface area contributed by atoms with E-state index in [1.807, 2.05) is 13.8 Å². The SMILES string of the molecule is C#CCCCC(C#CCCCC)(C#CC(C)C)C#CC(C#CCCC)(CC#CCC)C(CC#CC)C(C#CC)C#CCC. The highest BCUT2D eigenvalue weighted by Crippen LogP contribution is 2.39. The van der Waals surface area contributed by atoms with Crippen LogP contribution in [0.3, 0.4) is 0 Å². The van der Waals surface area contributed by atoms with E-state index in [2.05, 4.69) is 142 Å². The van der Waals surface area contributed by atoms with E-state index >= 15 is 0 Å². The molecule has 0 heterocycles. The molecule has 0 nitrogen and oxygen atoms in total. The monoisotopic (exact) mass is 568 g/mol. The summed E-state index contributed by atoms with van der Waals surface area (Å²) in [6.07, 6.45) is 15.0. The third-order valence-electron chi connectivity index (χ3n) is 6.53. The van der Waals surface area contributed by atoms with Gasteiger partial charge in [0.25, 0.3) is 0 Å². The van der Waals surface area contributed by atoms with E-state index < -0.39 is 10.8 Å². The molecule has 0 heteroatoms. The summed E-state index contributed by atoms with van der Waals surface area (Å²) in [7, 11) is 0. The van der Waals surface area contributed by atoms with Crippen LogP contribution in [0.15, 0.2) is 0 Å². The van der Waals surface area contributed by atoms with Crippen LogP contribution in [0.4, 0.5) is 0 Å². The summed E-state index contributed by atoms with van der Waals surface area (Å²) in [5.41, 5.74) is -1.62. The van der Waals surface area contributed by atoms with Crippen molar-refractivity contribution in [1.82, 2.24) is 0 Å². The van der Waals surface area contributed by atoms with Gasteiger partial charge in [-0.3, -0.25) is 0 Å². The second-order valence-electron chi connectivity index (χ2n) is 10.7. The second kappa shape index (κ2) is 24.6. The molecular weight excluding hydrogens is 516 g/mol. The molecule has 0 saturated heterocycles. The second-order valence-corrected chi connectivity index (χ2v) is 10.7. The van der Waals surface area contributed by atoms with Crippen molar-refractivity contribution in [3.05, 3.63) is 0 Å². The summed E-state index contributed by atoms with van der Waals surface area (Å²) in [4.78, 5) is 0. The Morgan fingerprint density at radius 1 is 0.628 bits per heavy atom. The lowest BCUT2D eigenvalue weighted by molar-refractivity contribution is 0.302. The minimum Gasteiger partial charge on any atom is -0.120 e. The van der Waals surface area contributed by atoms with Gasteiger partial charge in [0.1, 0.15) is 5.41 Å². The fourth-order valence-electron chi connectivity index (χ4n) is 4.20. The van der Waals surface area contributed by atoms with Gasteiger partial charge in [0.15, 0.2) is 5.41 Å². The van der Waals surface area contributed by atoms with Crippen molar-refractivity contribution in [3.8, 4) is 107 Å². The molecule has 0 N–H and O–H groups in total. The quantitative estimate of drug-likeness (QED) is 0.182. The number of terminal acetylenes is 1. The van der Waals surface area contributed by atoms with Crippen LogP contribution in [-0.4, -0.2) is 0 Å². The van der Waals surface area contributed by atoms with Crippen LogP contribution in [-0.2, 0) is 0 Å². The topological polar surface area (TPSA) is 0 Å². The predicted molar refractivity (Wildman–Crippen MR) is 187 cm³/mol. The van der Waals surface area contributed by atoms with Gasteiger partial charge in [-0.05, 0) is 39.5 Å². The molecule has 0 radical (unpaired) electrons. The summed E-state index contributed by atoms with van der Waals surface area (Å²) in [5, 5.41) is 0. The number of unbranched alkanes of at least 4 members (excludes halogenated alkanes) is 4. The van der Waals surface area contributed by atoms with Crippen LogP contribution in [0.5, 0.6) is 0 Å². The average Bonchev–Trinajstić information content (AvgIpc) is 3.00. The third-order valence-corrected chi connectivity index (χ3v) is 6.53. The van der Waals surface area contributed by atoms with E-state index in [1.165, 1.54) is 0 Å². The highest BCUT2D eigenvalue weighted by atomic mass is 14.4. The summed E-state index contributed by atoms with van der Waals surface area (Å²) in [6, 6.07) is 0. The van der Waals surface area contributed by atoms with Crippen molar-refractivity contribution in [2.75, 3.05) is 0 Å². The number of rotatable bonds is 10. The largest absolute Gasteiger partial charge is 0.152 e. The van der Waals surface area contributed by atoms with Crippen LogP contribution in [0.2, 0.25) is 0 Å². The smallest absolute Gasteiger partial charge is 0.120 e. The first kappa shape index (κ1) is 39.0. The maximum atomic E-state index is 5.66. The van der Waals surface area contributed by atoms with Gasteiger partial charge in [0, 0.05) is 56.8 Å². The maximum Gasteiger partial charge on any atom is 0.152 e. The molecule has 4 unspecified atom stereocenters. The molecule has 0 fully saturated rings. The van der Waals surface area contributed by atoms with Crippen molar-refractivity contribution in [1.29, 1.82) is 0 Å². The van der Waals surface area contributed by atoms with Gasteiger partial charge >= 0.3 is 0 Å². The molecule has 0 amide bonds. The molecule has 0 bridgehead atoms. The summed E-state index contributed by atoms with van der Waals surface area (Å²) < 4.78 is 0. The van der Waals surface area contributed by atoms with Gasteiger partial charge in [-0.15, -0.1) is 59.7 Å². The molecule has 0 spiro atoms. The van der Waals surface area contributed by atoms with E-state index in [-0.39, 0.29) is 17.8 Å². The molecule has 0 aromatic rings. The van der Waals surface area contributed by atoms with Gasteiger partial charge in [-0.2, -0.15) is 0 Å². The normalized spacial score (nSPS) is 13.1. The minimum absolute atomic E-state index is 0.149. The van der Waals surface area contributed by atoms with Crippen molar-refractivity contribution in [3.63, 3.8) is 0 Å². The molecule has 0 saturated carbocycles. The summed E-state index contributed by atoms with van der Waals surface area (Å²) >= 11 is 0. The Morgan fingerprint density at radius 3 is 1.98 bits per heavy atom. The van der Waals surface area contributed by atoms with Crippen molar-refractivity contribution >= 4 is 0 Å². The lowest BCUT2D eigenvalue weighted by atomic mass is 9.66. The molecule has 0 aliphatic rings. The Morgan fingerprint density at radius 2 is 1.37 bits per heavy atom. The Kier molecular flexibility index (Phi) is 22.4. The van der Waals surface area contributed by atoms with Gasteiger partial charge in [0.05, 0.1) is 5.92 Å². The Balaban J connectivity index is 7.95. The van der Waals surface area contributed by atoms with Crippen LogP contribution >= 0.6 is 0 Å². The first-order valence-electron chi connectivity index (χ1n) is 16.1. The molecule has 0 aliphatic carbocycles. The zero-order valence-corrected chi connectivity index (χ0v) is 28.3. The molecular formula is C43H52. The maximum absolute atomic E-state index is 5.66. The first-order chi connectivity index (χ1) is 20.8. The van der Waals surface area contributed by atoms with Gasteiger partial charge in [-0.25, -0.2) is 0 Å². The highest BCUT2D eigenvalue weighted by molar-refractivity contribution is 5.44. The zero-order valence-electron chi connectivity index (χ0n) is 28.3. The highest BCUT2D eigenvalue weighted by Gasteiger charge is 2.40. The van der Waals surface area contributed by atoms with Crippen molar-refractivity contribution in [2.45, 2.75) is 132 Å². The fraction of sp³-hybridized carbons (Fsp3) is 0.581. The molecule has 224 valence electrons. The van der Waals surface area contributed by atoms with Gasteiger partial charge in [0.2, 0.25) is 0 Å². The van der Waals surface area contributed by atoms with Crippen molar-refractivity contribution < 1.29 is 0 Å². The summed E-state index contributed by atoms with van der Waals surface area (Å²) in [6.45, 7) is 16.4. The Bertz CT molecular complexity index is 1380. The molecule has 0 aliphatic heterocycles. The van der Waals surface area contributed by atoms with E-state index in [0.717, 1.165) is 51.4 Å². The van der Waals surface area contributed by atoms with Crippen molar-refractivity contribution in [2.24, 2.45) is 28.6 Å². The Labute approximate surface area is 267 Å². The first-order valence-corrected chi connectivity index (χ1v) is 16.1. The fourth-order valence-corrected chi connectivity index (χ4v) is 4.20. The third kappa shape index (κ3) is 16.3. The van der Waals surface area contributed by atoms with Gasteiger partial charge in [-0.1, -0.05) is 95.3 Å². The Hall–Kier alpha value is -3.96. The number of hydrogen-bond donors (Lipinski definition) is 0. The van der Waals surface area contributed by atoms with Gasteiger partial charge < -0.3 is 0 Å². The molecule has 0 aromatic heterocycles. The molecule has 4 atom stereocenters. The lowest BCUT2D eigenvalue weighted by Crippen LogP contribution is -2.33. The van der Waals surface area contributed by atoms with E-state index in [1.54, 1.807) is 0 Å². The summed E-state index contributed by atoms with van der Waals surface area (Å²) in [5.74, 6) is 57.2. The van der Waals surface area contributed by atoms with Crippen LogP contribution < -0.4 is 0 Å². The van der Waals surface area contributed by atoms with E-state index in [9.17, 15) is 0 Å². The minimum atomic E-state index is -0.813.